The van der Waals surface area contributed by atoms with Gasteiger partial charge in [0.05, 0.1) is 12.7 Å². The molecule has 3 nitrogen and oxygen atoms in total. The van der Waals surface area contributed by atoms with Crippen LogP contribution in [0.4, 0.5) is 0 Å². The molecule has 3 heteroatoms. The van der Waals surface area contributed by atoms with Crippen molar-refractivity contribution >= 4 is 0 Å². The van der Waals surface area contributed by atoms with E-state index in [2.05, 4.69) is 19.2 Å². The molecular formula is C21H45NO2. The van der Waals surface area contributed by atoms with Crippen molar-refractivity contribution in [2.24, 2.45) is 0 Å². The van der Waals surface area contributed by atoms with Crippen LogP contribution in [0, 0.1) is 0 Å². The summed E-state index contributed by atoms with van der Waals surface area (Å²) in [5.74, 6) is 0. The first-order chi connectivity index (χ1) is 11.8. The number of ether oxygens (including phenoxy) is 1. The quantitative estimate of drug-likeness (QED) is 0.289. The third kappa shape index (κ3) is 19.9. The van der Waals surface area contributed by atoms with E-state index < -0.39 is 0 Å². The van der Waals surface area contributed by atoms with E-state index in [1.165, 1.54) is 83.5 Å². The van der Waals surface area contributed by atoms with Gasteiger partial charge in [-0.05, 0) is 19.4 Å². The van der Waals surface area contributed by atoms with Crippen molar-refractivity contribution in [3.05, 3.63) is 0 Å². The Balaban J connectivity index is 3.10. The van der Waals surface area contributed by atoms with Gasteiger partial charge in [-0.15, -0.1) is 0 Å². The monoisotopic (exact) mass is 343 g/mol. The third-order valence-electron chi connectivity index (χ3n) is 4.54. The van der Waals surface area contributed by atoms with Crippen LogP contribution >= 0.6 is 0 Å². The highest BCUT2D eigenvalue weighted by Crippen LogP contribution is 2.10. The standard InChI is InChI=1S/C21H45NO2/c1-3-5-7-9-10-11-12-13-14-15-17-22-19-21(23)20-24-18-16-8-6-4-2/h21-23H,3-20H2,1-2H3. The molecule has 0 spiro atoms. The van der Waals surface area contributed by atoms with Crippen LogP contribution in [0.2, 0.25) is 0 Å². The van der Waals surface area contributed by atoms with Gasteiger partial charge >= 0.3 is 0 Å². The Kier molecular flexibility index (Phi) is 20.8. The average Bonchev–Trinajstić information content (AvgIpc) is 2.59. The van der Waals surface area contributed by atoms with Crippen LogP contribution < -0.4 is 5.32 Å². The van der Waals surface area contributed by atoms with Crippen molar-refractivity contribution in [2.45, 2.75) is 110 Å². The van der Waals surface area contributed by atoms with Gasteiger partial charge in [-0.3, -0.25) is 0 Å². The molecule has 0 saturated carbocycles. The van der Waals surface area contributed by atoms with Crippen molar-refractivity contribution in [2.75, 3.05) is 26.3 Å². The minimum absolute atomic E-state index is 0.362. The second kappa shape index (κ2) is 20.9. The van der Waals surface area contributed by atoms with Gasteiger partial charge in [0.15, 0.2) is 0 Å². The van der Waals surface area contributed by atoms with Crippen LogP contribution in [0.15, 0.2) is 0 Å². The molecule has 0 rings (SSSR count). The van der Waals surface area contributed by atoms with Crippen LogP contribution in [0.25, 0.3) is 0 Å². The number of hydrogen-bond donors (Lipinski definition) is 2. The van der Waals surface area contributed by atoms with E-state index in [1.807, 2.05) is 0 Å². The first kappa shape index (κ1) is 23.9. The van der Waals surface area contributed by atoms with Crippen LogP contribution in [0.3, 0.4) is 0 Å². The molecule has 0 radical (unpaired) electrons. The molecule has 0 fully saturated rings. The number of nitrogens with one attached hydrogen (secondary N) is 1. The van der Waals surface area contributed by atoms with E-state index >= 15 is 0 Å². The SMILES string of the molecule is CCCCCCCCCCCCNCC(O)COCCCCCC. The van der Waals surface area contributed by atoms with Gasteiger partial charge in [0.2, 0.25) is 0 Å². The van der Waals surface area contributed by atoms with Gasteiger partial charge in [-0.1, -0.05) is 90.9 Å². The molecule has 0 aliphatic heterocycles. The fourth-order valence-electron chi connectivity index (χ4n) is 2.92. The summed E-state index contributed by atoms with van der Waals surface area (Å²) in [6, 6.07) is 0. The van der Waals surface area contributed by atoms with E-state index in [1.54, 1.807) is 0 Å². The Morgan fingerprint density at radius 1 is 0.708 bits per heavy atom. The third-order valence-corrected chi connectivity index (χ3v) is 4.54. The van der Waals surface area contributed by atoms with Crippen LogP contribution in [-0.2, 0) is 4.74 Å². The van der Waals surface area contributed by atoms with Crippen molar-refractivity contribution in [1.82, 2.24) is 5.32 Å². The van der Waals surface area contributed by atoms with E-state index in [9.17, 15) is 5.11 Å². The predicted molar refractivity (Wildman–Crippen MR) is 106 cm³/mol. The molecule has 0 aromatic heterocycles. The summed E-state index contributed by atoms with van der Waals surface area (Å²) in [6.45, 7) is 7.42. The first-order valence-corrected chi connectivity index (χ1v) is 10.8. The molecule has 0 aromatic carbocycles. The lowest BCUT2D eigenvalue weighted by Crippen LogP contribution is -2.31. The van der Waals surface area contributed by atoms with Crippen LogP contribution in [0.5, 0.6) is 0 Å². The molecule has 1 unspecified atom stereocenters. The molecule has 2 N–H and O–H groups in total. The Morgan fingerprint density at radius 3 is 1.79 bits per heavy atom. The largest absolute Gasteiger partial charge is 0.389 e. The number of aliphatic hydroxyl groups is 1. The summed E-state index contributed by atoms with van der Waals surface area (Å²) < 4.78 is 5.51. The Bertz CT molecular complexity index is 224. The lowest BCUT2D eigenvalue weighted by atomic mass is 10.1. The second-order valence-corrected chi connectivity index (χ2v) is 7.18. The van der Waals surface area contributed by atoms with E-state index in [0.29, 0.717) is 13.2 Å². The van der Waals surface area contributed by atoms with Crippen LogP contribution in [-0.4, -0.2) is 37.5 Å². The Labute approximate surface area is 151 Å². The van der Waals surface area contributed by atoms with E-state index in [0.717, 1.165) is 19.6 Å². The summed E-state index contributed by atoms with van der Waals surface area (Å²) in [5, 5.41) is 13.2. The van der Waals surface area contributed by atoms with Gasteiger partial charge in [0.1, 0.15) is 0 Å². The fourth-order valence-corrected chi connectivity index (χ4v) is 2.92. The fraction of sp³-hybridized carbons (Fsp3) is 1.00. The molecule has 0 aromatic rings. The van der Waals surface area contributed by atoms with Gasteiger partial charge in [0.25, 0.3) is 0 Å². The highest BCUT2D eigenvalue weighted by Gasteiger charge is 2.03. The first-order valence-electron chi connectivity index (χ1n) is 10.8. The molecule has 146 valence electrons. The highest BCUT2D eigenvalue weighted by molar-refractivity contribution is 4.59. The lowest BCUT2D eigenvalue weighted by molar-refractivity contribution is 0.0355. The lowest BCUT2D eigenvalue weighted by Gasteiger charge is -2.12. The smallest absolute Gasteiger partial charge is 0.0897 e. The zero-order chi connectivity index (χ0) is 17.7. The van der Waals surface area contributed by atoms with Crippen LogP contribution in [0.1, 0.15) is 104 Å². The van der Waals surface area contributed by atoms with Crippen molar-refractivity contribution in [3.63, 3.8) is 0 Å². The summed E-state index contributed by atoms with van der Waals surface area (Å²) >= 11 is 0. The molecule has 0 heterocycles. The summed E-state index contributed by atoms with van der Waals surface area (Å²) in [5.41, 5.74) is 0. The highest BCUT2D eigenvalue weighted by atomic mass is 16.5. The van der Waals surface area contributed by atoms with E-state index in [4.69, 9.17) is 4.74 Å². The van der Waals surface area contributed by atoms with Crippen molar-refractivity contribution < 1.29 is 9.84 Å². The minimum atomic E-state index is -0.362. The maximum atomic E-state index is 9.83. The second-order valence-electron chi connectivity index (χ2n) is 7.18. The Morgan fingerprint density at radius 2 is 1.21 bits per heavy atom. The summed E-state index contributed by atoms with van der Waals surface area (Å²) in [6.07, 6.45) is 18.2. The van der Waals surface area contributed by atoms with Crippen molar-refractivity contribution in [3.8, 4) is 0 Å². The molecule has 24 heavy (non-hydrogen) atoms. The van der Waals surface area contributed by atoms with Gasteiger partial charge in [-0.25, -0.2) is 0 Å². The summed E-state index contributed by atoms with van der Waals surface area (Å²) in [4.78, 5) is 0. The minimum Gasteiger partial charge on any atom is -0.389 e. The zero-order valence-corrected chi connectivity index (χ0v) is 16.7. The topological polar surface area (TPSA) is 41.5 Å². The van der Waals surface area contributed by atoms with Crippen molar-refractivity contribution in [1.29, 1.82) is 0 Å². The van der Waals surface area contributed by atoms with Gasteiger partial charge in [0, 0.05) is 13.2 Å². The number of hydrogen-bond acceptors (Lipinski definition) is 3. The maximum Gasteiger partial charge on any atom is 0.0897 e. The number of rotatable bonds is 20. The van der Waals surface area contributed by atoms with Gasteiger partial charge in [-0.2, -0.15) is 0 Å². The molecule has 1 atom stereocenters. The normalized spacial score (nSPS) is 12.6. The molecule has 0 saturated heterocycles. The summed E-state index contributed by atoms with van der Waals surface area (Å²) in [7, 11) is 0. The molecule has 0 bridgehead atoms. The molecule has 0 aliphatic carbocycles. The van der Waals surface area contributed by atoms with E-state index in [-0.39, 0.29) is 6.10 Å². The maximum absolute atomic E-state index is 9.83. The predicted octanol–water partition coefficient (Wildman–Crippen LogP) is 5.45. The molecule has 0 amide bonds. The number of unbranched alkanes of at least 4 members (excludes halogenated alkanes) is 12. The number of aliphatic hydroxyl groups excluding tert-OH is 1. The average molecular weight is 344 g/mol. The molecule has 0 aliphatic rings. The Hall–Kier alpha value is -0.120. The zero-order valence-electron chi connectivity index (χ0n) is 16.7. The molecular weight excluding hydrogens is 298 g/mol. The van der Waals surface area contributed by atoms with Gasteiger partial charge < -0.3 is 15.2 Å².